The molecule has 33 heavy (non-hydrogen) atoms. The normalized spacial score (nSPS) is 10.8. The lowest BCUT2D eigenvalue weighted by Gasteiger charge is -2.12. The molecule has 4 rings (SSSR count). The fourth-order valence-corrected chi connectivity index (χ4v) is 3.33. The Labute approximate surface area is 188 Å². The number of ether oxygens (including phenoxy) is 1. The molecule has 0 saturated carbocycles. The minimum atomic E-state index is -0.882. The molecule has 5 nitrogen and oxygen atoms in total. The summed E-state index contributed by atoms with van der Waals surface area (Å²) < 4.78 is 48.3. The maximum Gasteiger partial charge on any atom is 0.226 e. The van der Waals surface area contributed by atoms with Gasteiger partial charge in [-0.25, -0.2) is 17.9 Å². The topological polar surface area (TPSA) is 56.2 Å². The molecule has 3 aromatic carbocycles. The van der Waals surface area contributed by atoms with Crippen molar-refractivity contribution in [3.8, 4) is 17.3 Å². The van der Waals surface area contributed by atoms with Crippen LogP contribution in [0.2, 0.25) is 0 Å². The Morgan fingerprint density at radius 3 is 2.36 bits per heavy atom. The van der Waals surface area contributed by atoms with Crippen LogP contribution >= 0.6 is 0 Å². The lowest BCUT2D eigenvalue weighted by atomic mass is 10.1. The second-order valence-corrected chi connectivity index (χ2v) is 7.35. The van der Waals surface area contributed by atoms with E-state index in [1.807, 2.05) is 18.2 Å². The van der Waals surface area contributed by atoms with Gasteiger partial charge in [0.05, 0.1) is 11.4 Å². The average Bonchev–Trinajstić information content (AvgIpc) is 3.10. The highest BCUT2D eigenvalue weighted by molar-refractivity contribution is 5.90. The first-order chi connectivity index (χ1) is 15.9. The predicted octanol–water partition coefficient (Wildman–Crippen LogP) is 5.96. The summed E-state index contributed by atoms with van der Waals surface area (Å²) in [5.74, 6) is -2.29. The molecule has 1 amide bonds. The van der Waals surface area contributed by atoms with Crippen LogP contribution in [0.1, 0.15) is 17.7 Å². The third kappa shape index (κ3) is 5.23. The van der Waals surface area contributed by atoms with E-state index in [2.05, 4.69) is 10.4 Å². The monoisotopic (exact) mass is 451 g/mol. The number of para-hydroxylation sites is 1. The number of benzene rings is 3. The molecule has 4 aromatic rings. The van der Waals surface area contributed by atoms with E-state index in [4.69, 9.17) is 4.74 Å². The van der Waals surface area contributed by atoms with Crippen molar-refractivity contribution in [2.45, 2.75) is 19.8 Å². The number of amides is 1. The Morgan fingerprint density at radius 1 is 0.970 bits per heavy atom. The lowest BCUT2D eigenvalue weighted by molar-refractivity contribution is -0.116. The second kappa shape index (κ2) is 9.60. The molecule has 0 spiro atoms. The van der Waals surface area contributed by atoms with Gasteiger partial charge in [-0.15, -0.1) is 0 Å². The van der Waals surface area contributed by atoms with Crippen molar-refractivity contribution in [1.29, 1.82) is 0 Å². The molecule has 0 aliphatic carbocycles. The third-order valence-corrected chi connectivity index (χ3v) is 4.97. The van der Waals surface area contributed by atoms with Crippen molar-refractivity contribution in [2.24, 2.45) is 0 Å². The summed E-state index contributed by atoms with van der Waals surface area (Å²) in [6.45, 7) is 1.73. The summed E-state index contributed by atoms with van der Waals surface area (Å²) in [7, 11) is 0. The maximum absolute atomic E-state index is 14.3. The standard InChI is InChI=1S/C25H20F3N3O2/c1-16-21(12-14-24(32)29-19-5-3-2-4-6-19)25(33-23-13-9-18(27)15-22(23)28)31(30-16)20-10-7-17(26)8-11-20/h2-11,13,15H,12,14H2,1H3,(H,29,32). The fourth-order valence-electron chi connectivity index (χ4n) is 3.33. The van der Waals surface area contributed by atoms with Crippen molar-refractivity contribution in [3.63, 3.8) is 0 Å². The van der Waals surface area contributed by atoms with Gasteiger partial charge in [-0.1, -0.05) is 18.2 Å². The number of carbonyl (C=O) groups excluding carboxylic acids is 1. The Hall–Kier alpha value is -4.07. The fraction of sp³-hybridized carbons (Fsp3) is 0.120. The Balaban J connectivity index is 1.65. The van der Waals surface area contributed by atoms with E-state index in [-0.39, 0.29) is 30.4 Å². The molecule has 1 aromatic heterocycles. The molecule has 168 valence electrons. The molecule has 1 heterocycles. The number of nitrogens with zero attached hydrogens (tertiary/aromatic N) is 2. The van der Waals surface area contributed by atoms with Gasteiger partial charge in [-0.2, -0.15) is 5.10 Å². The number of nitrogens with one attached hydrogen (secondary N) is 1. The Kier molecular flexibility index (Phi) is 6.44. The number of hydrogen-bond donors (Lipinski definition) is 1. The molecule has 0 bridgehead atoms. The molecule has 0 saturated heterocycles. The van der Waals surface area contributed by atoms with Crippen LogP contribution in [0.15, 0.2) is 72.8 Å². The first kappa shape index (κ1) is 22.1. The SMILES string of the molecule is Cc1nn(-c2ccc(F)cc2)c(Oc2ccc(F)cc2F)c1CCC(=O)Nc1ccccc1. The van der Waals surface area contributed by atoms with Gasteiger partial charge >= 0.3 is 0 Å². The zero-order valence-corrected chi connectivity index (χ0v) is 17.7. The van der Waals surface area contributed by atoms with Gasteiger partial charge in [-0.05, 0) is 61.9 Å². The Morgan fingerprint density at radius 2 is 1.67 bits per heavy atom. The van der Waals surface area contributed by atoms with Gasteiger partial charge in [0.1, 0.15) is 11.6 Å². The minimum Gasteiger partial charge on any atom is -0.436 e. The summed E-state index contributed by atoms with van der Waals surface area (Å²) >= 11 is 0. The molecular weight excluding hydrogens is 431 g/mol. The zero-order chi connectivity index (χ0) is 23.4. The number of rotatable bonds is 7. The van der Waals surface area contributed by atoms with E-state index >= 15 is 0 Å². The Bertz CT molecular complexity index is 1270. The number of aryl methyl sites for hydroxylation is 1. The lowest BCUT2D eigenvalue weighted by Crippen LogP contribution is -2.12. The summed E-state index contributed by atoms with van der Waals surface area (Å²) in [4.78, 5) is 12.5. The quantitative estimate of drug-likeness (QED) is 0.377. The van der Waals surface area contributed by atoms with Crippen LogP contribution < -0.4 is 10.1 Å². The largest absolute Gasteiger partial charge is 0.436 e. The van der Waals surface area contributed by atoms with Crippen LogP contribution in [0.4, 0.5) is 18.9 Å². The van der Waals surface area contributed by atoms with Crippen LogP contribution in [0.5, 0.6) is 11.6 Å². The van der Waals surface area contributed by atoms with E-state index in [0.29, 0.717) is 28.7 Å². The van der Waals surface area contributed by atoms with Gasteiger partial charge in [0.2, 0.25) is 11.8 Å². The highest BCUT2D eigenvalue weighted by atomic mass is 19.1. The van der Waals surface area contributed by atoms with Crippen LogP contribution in [-0.4, -0.2) is 15.7 Å². The summed E-state index contributed by atoms with van der Waals surface area (Å²) in [6, 6.07) is 17.5. The van der Waals surface area contributed by atoms with Crippen LogP contribution in [0, 0.1) is 24.4 Å². The van der Waals surface area contributed by atoms with Crippen molar-refractivity contribution >= 4 is 11.6 Å². The number of hydrogen-bond acceptors (Lipinski definition) is 3. The van der Waals surface area contributed by atoms with Crippen molar-refractivity contribution in [1.82, 2.24) is 9.78 Å². The second-order valence-electron chi connectivity index (χ2n) is 7.35. The maximum atomic E-state index is 14.3. The van der Waals surface area contributed by atoms with Gasteiger partial charge in [0.25, 0.3) is 0 Å². The number of halogens is 3. The van der Waals surface area contributed by atoms with Crippen molar-refractivity contribution < 1.29 is 22.7 Å². The first-order valence-corrected chi connectivity index (χ1v) is 10.2. The van der Waals surface area contributed by atoms with Crippen LogP contribution in [0.3, 0.4) is 0 Å². The smallest absolute Gasteiger partial charge is 0.226 e. The first-order valence-electron chi connectivity index (χ1n) is 10.2. The van der Waals surface area contributed by atoms with E-state index in [9.17, 15) is 18.0 Å². The predicted molar refractivity (Wildman–Crippen MR) is 118 cm³/mol. The number of anilines is 1. The van der Waals surface area contributed by atoms with Gasteiger partial charge in [0, 0.05) is 23.7 Å². The van der Waals surface area contributed by atoms with Crippen molar-refractivity contribution in [2.75, 3.05) is 5.32 Å². The molecular formula is C25H20F3N3O2. The molecule has 0 radical (unpaired) electrons. The molecule has 0 atom stereocenters. The van der Waals surface area contributed by atoms with E-state index in [0.717, 1.165) is 6.07 Å². The number of aromatic nitrogens is 2. The molecule has 8 heteroatoms. The molecule has 0 aliphatic rings. The molecule has 0 unspecified atom stereocenters. The zero-order valence-electron chi connectivity index (χ0n) is 17.7. The average molecular weight is 451 g/mol. The van der Waals surface area contributed by atoms with Crippen molar-refractivity contribution in [3.05, 3.63) is 102 Å². The van der Waals surface area contributed by atoms with Gasteiger partial charge < -0.3 is 10.1 Å². The summed E-state index contributed by atoms with van der Waals surface area (Å²) in [6.07, 6.45) is 0.372. The van der Waals surface area contributed by atoms with E-state index in [1.165, 1.54) is 35.0 Å². The molecule has 0 fully saturated rings. The highest BCUT2D eigenvalue weighted by Crippen LogP contribution is 2.33. The molecule has 0 aliphatic heterocycles. The van der Waals surface area contributed by atoms with Crippen LogP contribution in [0.25, 0.3) is 5.69 Å². The van der Waals surface area contributed by atoms with Gasteiger partial charge in [-0.3, -0.25) is 4.79 Å². The summed E-state index contributed by atoms with van der Waals surface area (Å²) in [5.41, 5.74) is 2.29. The number of carbonyl (C=O) groups is 1. The van der Waals surface area contributed by atoms with Gasteiger partial charge in [0.15, 0.2) is 11.6 Å². The van der Waals surface area contributed by atoms with E-state index in [1.54, 1.807) is 19.1 Å². The third-order valence-electron chi connectivity index (χ3n) is 4.97. The van der Waals surface area contributed by atoms with E-state index < -0.39 is 17.5 Å². The summed E-state index contributed by atoms with van der Waals surface area (Å²) in [5, 5.41) is 7.27. The highest BCUT2D eigenvalue weighted by Gasteiger charge is 2.21. The minimum absolute atomic E-state index is 0.118. The van der Waals surface area contributed by atoms with Crippen LogP contribution in [-0.2, 0) is 11.2 Å². The molecule has 1 N–H and O–H groups in total.